The lowest BCUT2D eigenvalue weighted by Crippen LogP contribution is -2.05. The summed E-state index contributed by atoms with van der Waals surface area (Å²) in [5.74, 6) is -2.94. The van der Waals surface area contributed by atoms with Gasteiger partial charge in [-0.1, -0.05) is 17.8 Å². The number of benzene rings is 1. The van der Waals surface area contributed by atoms with Gasteiger partial charge in [-0.05, 0) is 19.1 Å². The standard InChI is InChI=1S/C11H9F2N3O2S/c1-6-14-15-11(19-5-9(17)18)16(6)8-4-2-3-7(12)10(8)13/h2-4H,5H2,1H3,(H,17,18). The van der Waals surface area contributed by atoms with Crippen LogP contribution in [0.5, 0.6) is 0 Å². The molecule has 100 valence electrons. The highest BCUT2D eigenvalue weighted by Crippen LogP contribution is 2.24. The van der Waals surface area contributed by atoms with Crippen LogP contribution >= 0.6 is 11.8 Å². The van der Waals surface area contributed by atoms with Crippen molar-refractivity contribution in [2.45, 2.75) is 12.1 Å². The van der Waals surface area contributed by atoms with Crippen molar-refractivity contribution in [3.8, 4) is 5.69 Å². The molecule has 0 bridgehead atoms. The zero-order chi connectivity index (χ0) is 14.0. The average Bonchev–Trinajstić information content (AvgIpc) is 2.72. The largest absolute Gasteiger partial charge is 0.481 e. The number of carbonyl (C=O) groups is 1. The lowest BCUT2D eigenvalue weighted by atomic mass is 10.3. The number of hydrogen-bond donors (Lipinski definition) is 1. The van der Waals surface area contributed by atoms with E-state index in [1.807, 2.05) is 0 Å². The van der Waals surface area contributed by atoms with Crippen LogP contribution in [0.15, 0.2) is 23.4 Å². The van der Waals surface area contributed by atoms with Crippen LogP contribution in [0.1, 0.15) is 5.82 Å². The number of carboxylic acid groups (broad SMARTS) is 1. The molecule has 1 aromatic carbocycles. The number of rotatable bonds is 4. The number of thioether (sulfide) groups is 1. The second-order valence-electron chi connectivity index (χ2n) is 3.62. The van der Waals surface area contributed by atoms with Gasteiger partial charge in [0.25, 0.3) is 0 Å². The minimum atomic E-state index is -1.03. The maximum Gasteiger partial charge on any atom is 0.313 e. The lowest BCUT2D eigenvalue weighted by Gasteiger charge is -2.09. The zero-order valence-electron chi connectivity index (χ0n) is 9.80. The Kier molecular flexibility index (Phi) is 3.79. The first-order valence-electron chi connectivity index (χ1n) is 5.21. The van der Waals surface area contributed by atoms with Crippen molar-refractivity contribution in [3.63, 3.8) is 0 Å². The zero-order valence-corrected chi connectivity index (χ0v) is 10.6. The highest BCUT2D eigenvalue weighted by molar-refractivity contribution is 7.99. The third-order valence-corrected chi connectivity index (χ3v) is 3.21. The van der Waals surface area contributed by atoms with Gasteiger partial charge in [0.05, 0.1) is 11.4 Å². The van der Waals surface area contributed by atoms with Gasteiger partial charge in [0.15, 0.2) is 16.8 Å². The summed E-state index contributed by atoms with van der Waals surface area (Å²) in [5.41, 5.74) is -0.0459. The Hall–Kier alpha value is -1.96. The van der Waals surface area contributed by atoms with Crippen LogP contribution in [0.25, 0.3) is 5.69 Å². The van der Waals surface area contributed by atoms with E-state index < -0.39 is 17.6 Å². The first-order chi connectivity index (χ1) is 9.00. The molecule has 0 saturated heterocycles. The molecule has 0 aliphatic carbocycles. The molecule has 1 heterocycles. The Balaban J connectivity index is 2.46. The highest BCUT2D eigenvalue weighted by atomic mass is 32.2. The van der Waals surface area contributed by atoms with E-state index in [1.165, 1.54) is 16.7 Å². The fraction of sp³-hybridized carbons (Fsp3) is 0.182. The predicted octanol–water partition coefficient (Wildman–Crippen LogP) is 2.03. The van der Waals surface area contributed by atoms with Gasteiger partial charge >= 0.3 is 5.97 Å². The van der Waals surface area contributed by atoms with E-state index >= 15 is 0 Å². The topological polar surface area (TPSA) is 68.0 Å². The van der Waals surface area contributed by atoms with Crippen LogP contribution in [0.3, 0.4) is 0 Å². The summed E-state index contributed by atoms with van der Waals surface area (Å²) in [4.78, 5) is 10.5. The normalized spacial score (nSPS) is 10.7. The van der Waals surface area contributed by atoms with Crippen LogP contribution in [0, 0.1) is 18.6 Å². The third-order valence-electron chi connectivity index (χ3n) is 2.29. The molecular formula is C11H9F2N3O2S. The molecule has 0 saturated carbocycles. The first kappa shape index (κ1) is 13.5. The molecule has 2 rings (SSSR count). The summed E-state index contributed by atoms with van der Waals surface area (Å²) in [5, 5.41) is 16.3. The summed E-state index contributed by atoms with van der Waals surface area (Å²) in [6.07, 6.45) is 0. The van der Waals surface area contributed by atoms with E-state index in [0.29, 0.717) is 5.82 Å². The monoisotopic (exact) mass is 285 g/mol. The van der Waals surface area contributed by atoms with Gasteiger partial charge in [-0.15, -0.1) is 10.2 Å². The van der Waals surface area contributed by atoms with Crippen LogP contribution < -0.4 is 0 Å². The fourth-order valence-electron chi connectivity index (χ4n) is 1.51. The molecule has 0 aliphatic rings. The lowest BCUT2D eigenvalue weighted by molar-refractivity contribution is -0.133. The van der Waals surface area contributed by atoms with E-state index in [2.05, 4.69) is 10.2 Å². The highest BCUT2D eigenvalue weighted by Gasteiger charge is 2.17. The van der Waals surface area contributed by atoms with E-state index in [9.17, 15) is 13.6 Å². The number of aryl methyl sites for hydroxylation is 1. The quantitative estimate of drug-likeness (QED) is 0.871. The maximum atomic E-state index is 13.7. The number of aliphatic carboxylic acids is 1. The smallest absolute Gasteiger partial charge is 0.313 e. The summed E-state index contributed by atoms with van der Waals surface area (Å²) < 4.78 is 28.2. The summed E-state index contributed by atoms with van der Waals surface area (Å²) >= 11 is 0.886. The van der Waals surface area contributed by atoms with Gasteiger partial charge in [-0.3, -0.25) is 9.36 Å². The van der Waals surface area contributed by atoms with Gasteiger partial charge in [0.2, 0.25) is 0 Å². The molecule has 5 nitrogen and oxygen atoms in total. The van der Waals surface area contributed by atoms with Crippen molar-refractivity contribution in [1.82, 2.24) is 14.8 Å². The molecule has 0 unspecified atom stereocenters. The Morgan fingerprint density at radius 1 is 1.42 bits per heavy atom. The van der Waals surface area contributed by atoms with Gasteiger partial charge in [-0.2, -0.15) is 0 Å². The number of hydrogen-bond acceptors (Lipinski definition) is 4. The van der Waals surface area contributed by atoms with Crippen molar-refractivity contribution in [1.29, 1.82) is 0 Å². The minimum Gasteiger partial charge on any atom is -0.481 e. The molecule has 0 aliphatic heterocycles. The van der Waals surface area contributed by atoms with Gasteiger partial charge in [0, 0.05) is 0 Å². The van der Waals surface area contributed by atoms with Crippen molar-refractivity contribution in [2.24, 2.45) is 0 Å². The molecule has 0 atom stereocenters. The summed E-state index contributed by atoms with van der Waals surface area (Å²) in [6.45, 7) is 1.57. The van der Waals surface area contributed by atoms with Crippen molar-refractivity contribution in [3.05, 3.63) is 35.7 Å². The van der Waals surface area contributed by atoms with Crippen LogP contribution in [0.2, 0.25) is 0 Å². The van der Waals surface area contributed by atoms with Crippen LogP contribution in [0.4, 0.5) is 8.78 Å². The molecule has 19 heavy (non-hydrogen) atoms. The maximum absolute atomic E-state index is 13.7. The predicted molar refractivity (Wildman–Crippen MR) is 64.4 cm³/mol. The van der Waals surface area contributed by atoms with E-state index in [4.69, 9.17) is 5.11 Å². The number of aromatic nitrogens is 3. The number of halogens is 2. The van der Waals surface area contributed by atoms with Gasteiger partial charge < -0.3 is 5.11 Å². The third kappa shape index (κ3) is 2.73. The fourth-order valence-corrected chi connectivity index (χ4v) is 2.22. The Morgan fingerprint density at radius 2 is 2.16 bits per heavy atom. The molecule has 0 spiro atoms. The second kappa shape index (κ2) is 5.35. The number of carboxylic acids is 1. The summed E-state index contributed by atoms with van der Waals surface area (Å²) in [6, 6.07) is 3.74. The van der Waals surface area contributed by atoms with Crippen molar-refractivity contribution >= 4 is 17.7 Å². The van der Waals surface area contributed by atoms with E-state index in [0.717, 1.165) is 17.8 Å². The number of nitrogens with zero attached hydrogens (tertiary/aromatic N) is 3. The summed E-state index contributed by atoms with van der Waals surface area (Å²) in [7, 11) is 0. The van der Waals surface area contributed by atoms with Gasteiger partial charge in [-0.25, -0.2) is 8.78 Å². The Bertz CT molecular complexity index is 630. The second-order valence-corrected chi connectivity index (χ2v) is 4.56. The Labute approximate surface area is 111 Å². The van der Waals surface area contributed by atoms with Crippen molar-refractivity contribution in [2.75, 3.05) is 5.75 Å². The van der Waals surface area contributed by atoms with Crippen LogP contribution in [-0.4, -0.2) is 31.6 Å². The molecule has 1 aromatic heterocycles. The Morgan fingerprint density at radius 3 is 2.84 bits per heavy atom. The molecule has 0 fully saturated rings. The average molecular weight is 285 g/mol. The first-order valence-corrected chi connectivity index (χ1v) is 6.20. The van der Waals surface area contributed by atoms with Gasteiger partial charge in [0.1, 0.15) is 5.82 Å². The molecule has 1 N–H and O–H groups in total. The molecule has 8 heteroatoms. The molecular weight excluding hydrogens is 276 g/mol. The van der Waals surface area contributed by atoms with E-state index in [-0.39, 0.29) is 16.6 Å². The SMILES string of the molecule is Cc1nnc(SCC(=O)O)n1-c1cccc(F)c1F. The van der Waals surface area contributed by atoms with Crippen LogP contribution in [-0.2, 0) is 4.79 Å². The molecule has 0 amide bonds. The molecule has 2 aromatic rings. The van der Waals surface area contributed by atoms with E-state index in [1.54, 1.807) is 6.92 Å². The minimum absolute atomic E-state index is 0.0459. The molecule has 0 radical (unpaired) electrons. The van der Waals surface area contributed by atoms with Crippen molar-refractivity contribution < 1.29 is 18.7 Å².